The van der Waals surface area contributed by atoms with Crippen LogP contribution in [0.4, 0.5) is 5.82 Å². The summed E-state index contributed by atoms with van der Waals surface area (Å²) in [5.74, 6) is 0.417. The molecule has 0 aliphatic carbocycles. The summed E-state index contributed by atoms with van der Waals surface area (Å²) in [6.45, 7) is 8.56. The molecule has 0 spiro atoms. The van der Waals surface area contributed by atoms with Gasteiger partial charge in [0.1, 0.15) is 11.3 Å². The van der Waals surface area contributed by atoms with Gasteiger partial charge in [0.25, 0.3) is 0 Å². The molecule has 8 heteroatoms. The monoisotopic (exact) mass is 356 g/mol. The van der Waals surface area contributed by atoms with Crippen molar-refractivity contribution < 1.29 is 9.59 Å². The van der Waals surface area contributed by atoms with Gasteiger partial charge in [-0.25, -0.2) is 9.97 Å². The fourth-order valence-electron chi connectivity index (χ4n) is 2.97. The predicted molar refractivity (Wildman–Crippen MR) is 100 cm³/mol. The van der Waals surface area contributed by atoms with Crippen LogP contribution >= 0.6 is 0 Å². The van der Waals surface area contributed by atoms with Crippen molar-refractivity contribution >= 4 is 34.9 Å². The van der Waals surface area contributed by atoms with Gasteiger partial charge in [0, 0.05) is 49.4 Å². The van der Waals surface area contributed by atoms with Gasteiger partial charge >= 0.3 is 0 Å². The molecule has 1 aliphatic heterocycles. The highest BCUT2D eigenvalue weighted by molar-refractivity contribution is 5.93. The Bertz CT molecular complexity index is 856. The van der Waals surface area contributed by atoms with Crippen molar-refractivity contribution in [2.24, 2.45) is 11.1 Å². The van der Waals surface area contributed by atoms with Gasteiger partial charge in [0.2, 0.25) is 11.8 Å². The van der Waals surface area contributed by atoms with Crippen molar-refractivity contribution in [1.29, 1.82) is 0 Å². The lowest BCUT2D eigenvalue weighted by molar-refractivity contribution is -0.139. The number of piperazine rings is 1. The molecule has 0 atom stereocenters. The minimum absolute atomic E-state index is 0.170. The van der Waals surface area contributed by atoms with Gasteiger partial charge < -0.3 is 20.5 Å². The third-order valence-electron chi connectivity index (χ3n) is 4.36. The fourth-order valence-corrected chi connectivity index (χ4v) is 2.97. The molecule has 3 heterocycles. The Morgan fingerprint density at radius 2 is 1.92 bits per heavy atom. The number of nitrogens with zero attached hydrogens (tertiary/aromatic N) is 4. The van der Waals surface area contributed by atoms with E-state index in [9.17, 15) is 9.59 Å². The van der Waals surface area contributed by atoms with Crippen molar-refractivity contribution in [3.63, 3.8) is 0 Å². The largest absolute Gasteiger partial charge is 0.366 e. The van der Waals surface area contributed by atoms with E-state index in [-0.39, 0.29) is 11.3 Å². The summed E-state index contributed by atoms with van der Waals surface area (Å²) in [5.41, 5.74) is 6.89. The van der Waals surface area contributed by atoms with Crippen molar-refractivity contribution in [3.05, 3.63) is 24.0 Å². The molecule has 8 nitrogen and oxygen atoms in total. The van der Waals surface area contributed by atoms with Crippen molar-refractivity contribution in [2.45, 2.75) is 20.8 Å². The molecular weight excluding hydrogens is 332 g/mol. The number of amides is 2. The number of nitrogens with one attached hydrogen (secondary N) is 1. The van der Waals surface area contributed by atoms with E-state index >= 15 is 0 Å². The number of fused-ring (bicyclic) bond motifs is 1. The Hall–Kier alpha value is -2.90. The average Bonchev–Trinajstić information content (AvgIpc) is 3.01. The molecule has 0 aromatic carbocycles. The van der Waals surface area contributed by atoms with Crippen molar-refractivity contribution in [1.82, 2.24) is 19.9 Å². The number of nitrogens with two attached hydrogens (primary N) is 1. The summed E-state index contributed by atoms with van der Waals surface area (Å²) >= 11 is 0. The molecule has 3 N–H and O–H groups in total. The first-order valence-corrected chi connectivity index (χ1v) is 8.61. The van der Waals surface area contributed by atoms with Gasteiger partial charge in [-0.15, -0.1) is 0 Å². The van der Waals surface area contributed by atoms with Crippen LogP contribution in [0.5, 0.6) is 0 Å². The number of hydrogen-bond acceptors (Lipinski definition) is 5. The van der Waals surface area contributed by atoms with Crippen molar-refractivity contribution in [3.8, 4) is 0 Å². The van der Waals surface area contributed by atoms with E-state index < -0.39 is 5.91 Å². The Kier molecular flexibility index (Phi) is 4.67. The van der Waals surface area contributed by atoms with Crippen LogP contribution in [0, 0.1) is 5.41 Å². The second kappa shape index (κ2) is 6.78. The smallest absolute Gasteiger partial charge is 0.241 e. The lowest BCUT2D eigenvalue weighted by atomic mass is 9.94. The van der Waals surface area contributed by atoms with Gasteiger partial charge in [-0.3, -0.25) is 9.59 Å². The maximum atomic E-state index is 12.4. The van der Waals surface area contributed by atoms with E-state index in [1.54, 1.807) is 18.5 Å². The Morgan fingerprint density at radius 1 is 1.23 bits per heavy atom. The molecule has 26 heavy (non-hydrogen) atoms. The summed E-state index contributed by atoms with van der Waals surface area (Å²) < 4.78 is 0. The minimum atomic E-state index is -0.511. The number of aromatic nitrogens is 3. The molecule has 0 saturated carbocycles. The van der Waals surface area contributed by atoms with E-state index in [0.717, 1.165) is 11.4 Å². The van der Waals surface area contributed by atoms with E-state index in [4.69, 9.17) is 5.73 Å². The summed E-state index contributed by atoms with van der Waals surface area (Å²) in [6.07, 6.45) is 6.39. The molecule has 1 aliphatic rings. The summed E-state index contributed by atoms with van der Waals surface area (Å²) in [4.78, 5) is 39.5. The predicted octanol–water partition coefficient (Wildman–Crippen LogP) is 1.15. The maximum Gasteiger partial charge on any atom is 0.241 e. The topological polar surface area (TPSA) is 108 Å². The third kappa shape index (κ3) is 3.68. The zero-order chi connectivity index (χ0) is 18.9. The van der Waals surface area contributed by atoms with E-state index in [1.807, 2.05) is 25.7 Å². The summed E-state index contributed by atoms with van der Waals surface area (Å²) in [5, 5.41) is 0. The van der Waals surface area contributed by atoms with Crippen LogP contribution in [0.1, 0.15) is 26.3 Å². The van der Waals surface area contributed by atoms with Crippen LogP contribution in [0.25, 0.3) is 17.2 Å². The first-order valence-electron chi connectivity index (χ1n) is 8.61. The van der Waals surface area contributed by atoms with Crippen LogP contribution in [-0.4, -0.2) is 57.8 Å². The molecule has 2 aromatic heterocycles. The van der Waals surface area contributed by atoms with Crippen molar-refractivity contribution in [2.75, 3.05) is 31.1 Å². The van der Waals surface area contributed by atoms with Crippen LogP contribution in [-0.2, 0) is 9.59 Å². The SMILES string of the molecule is CC(C)(C)C(=O)N1CCN(c2cnc3[nH]cc(C=CC(N)=O)c3n2)CC1. The number of H-pyrrole nitrogens is 1. The van der Waals surface area contributed by atoms with Gasteiger partial charge in [-0.05, 0) is 6.08 Å². The van der Waals surface area contributed by atoms with Crippen LogP contribution in [0.2, 0.25) is 0 Å². The zero-order valence-corrected chi connectivity index (χ0v) is 15.3. The molecule has 1 fully saturated rings. The lowest BCUT2D eigenvalue weighted by Crippen LogP contribution is -2.51. The van der Waals surface area contributed by atoms with E-state index in [1.165, 1.54) is 6.08 Å². The standard InChI is InChI=1S/C18H24N6O2/c1-18(2,3)17(26)24-8-6-23(7-9-24)14-11-21-16-15(22-14)12(10-20-16)4-5-13(19)25/h4-5,10-11H,6-9H2,1-3H3,(H2,19,25)(H,20,21). The Labute approximate surface area is 152 Å². The number of carbonyl (C=O) groups is 2. The number of aromatic amines is 1. The summed E-state index contributed by atoms with van der Waals surface area (Å²) in [7, 11) is 0. The van der Waals surface area contributed by atoms with E-state index in [0.29, 0.717) is 37.3 Å². The van der Waals surface area contributed by atoms with Gasteiger partial charge in [0.05, 0.1) is 6.20 Å². The fraction of sp³-hybridized carbons (Fsp3) is 0.444. The number of hydrogen-bond donors (Lipinski definition) is 2. The van der Waals surface area contributed by atoms with Crippen LogP contribution < -0.4 is 10.6 Å². The normalized spacial score (nSPS) is 15.8. The quantitative estimate of drug-likeness (QED) is 0.802. The number of carbonyl (C=O) groups excluding carboxylic acids is 2. The minimum Gasteiger partial charge on any atom is -0.366 e. The van der Waals surface area contributed by atoms with Gasteiger partial charge in [0.15, 0.2) is 5.65 Å². The van der Waals surface area contributed by atoms with Crippen LogP contribution in [0.15, 0.2) is 18.5 Å². The third-order valence-corrected chi connectivity index (χ3v) is 4.36. The maximum absolute atomic E-state index is 12.4. The number of rotatable bonds is 3. The molecule has 2 aromatic rings. The Morgan fingerprint density at radius 3 is 2.54 bits per heavy atom. The van der Waals surface area contributed by atoms with Gasteiger partial charge in [-0.1, -0.05) is 20.8 Å². The lowest BCUT2D eigenvalue weighted by Gasteiger charge is -2.38. The summed E-state index contributed by atoms with van der Waals surface area (Å²) in [6, 6.07) is 0. The molecule has 3 rings (SSSR count). The number of primary amides is 1. The van der Waals surface area contributed by atoms with E-state index in [2.05, 4.69) is 19.9 Å². The van der Waals surface area contributed by atoms with Crippen LogP contribution in [0.3, 0.4) is 0 Å². The average molecular weight is 356 g/mol. The molecule has 0 unspecified atom stereocenters. The highest BCUT2D eigenvalue weighted by Gasteiger charge is 2.30. The molecular formula is C18H24N6O2. The molecule has 1 saturated heterocycles. The second-order valence-corrected chi connectivity index (χ2v) is 7.43. The first kappa shape index (κ1) is 17.9. The first-order chi connectivity index (χ1) is 12.3. The van der Waals surface area contributed by atoms with Gasteiger partial charge in [-0.2, -0.15) is 0 Å². The second-order valence-electron chi connectivity index (χ2n) is 7.43. The highest BCUT2D eigenvalue weighted by Crippen LogP contribution is 2.22. The highest BCUT2D eigenvalue weighted by atomic mass is 16.2. The zero-order valence-electron chi connectivity index (χ0n) is 15.3. The Balaban J connectivity index is 1.76. The molecule has 0 bridgehead atoms. The molecule has 2 amide bonds. The molecule has 138 valence electrons. The molecule has 0 radical (unpaired) electrons. The number of anilines is 1.